The number of hydrogen-bond acceptors (Lipinski definition) is 3. The SMILES string of the molecule is COCCNC(=S)Nc1ncc(Cl)cc1Cl. The maximum absolute atomic E-state index is 5.91. The Hall–Kier alpha value is -0.620. The summed E-state index contributed by atoms with van der Waals surface area (Å²) in [5.41, 5.74) is 0. The second-order valence-electron chi connectivity index (χ2n) is 2.86. The highest BCUT2D eigenvalue weighted by molar-refractivity contribution is 7.80. The molecule has 1 rings (SSSR count). The van der Waals surface area contributed by atoms with Gasteiger partial charge in [0.1, 0.15) is 0 Å². The number of halogens is 2. The number of thiocarbonyl (C=S) groups is 1. The van der Waals surface area contributed by atoms with Gasteiger partial charge in [0.2, 0.25) is 0 Å². The van der Waals surface area contributed by atoms with Crippen molar-refractivity contribution in [1.29, 1.82) is 0 Å². The second kappa shape index (κ2) is 6.85. The lowest BCUT2D eigenvalue weighted by atomic mass is 10.4. The molecule has 4 nitrogen and oxygen atoms in total. The van der Waals surface area contributed by atoms with Gasteiger partial charge in [0, 0.05) is 19.9 Å². The van der Waals surface area contributed by atoms with Gasteiger partial charge in [-0.05, 0) is 18.3 Å². The third-order valence-electron chi connectivity index (χ3n) is 1.63. The third-order valence-corrected chi connectivity index (χ3v) is 2.37. The molecule has 0 radical (unpaired) electrons. The summed E-state index contributed by atoms with van der Waals surface area (Å²) in [7, 11) is 1.62. The second-order valence-corrected chi connectivity index (χ2v) is 4.11. The molecule has 0 aliphatic heterocycles. The molecule has 7 heteroatoms. The Labute approximate surface area is 109 Å². The van der Waals surface area contributed by atoms with Crippen molar-refractivity contribution in [3.63, 3.8) is 0 Å². The molecule has 2 N–H and O–H groups in total. The van der Waals surface area contributed by atoms with E-state index in [0.717, 1.165) is 0 Å². The van der Waals surface area contributed by atoms with Crippen molar-refractivity contribution in [2.45, 2.75) is 0 Å². The van der Waals surface area contributed by atoms with E-state index in [9.17, 15) is 0 Å². The van der Waals surface area contributed by atoms with Crippen LogP contribution in [0.5, 0.6) is 0 Å². The van der Waals surface area contributed by atoms with E-state index in [1.54, 1.807) is 13.2 Å². The number of hydrogen-bond donors (Lipinski definition) is 2. The normalized spacial score (nSPS) is 9.94. The van der Waals surface area contributed by atoms with Crippen LogP contribution in [0.2, 0.25) is 10.0 Å². The minimum atomic E-state index is 0.420. The summed E-state index contributed by atoms with van der Waals surface area (Å²) in [6.07, 6.45) is 1.49. The monoisotopic (exact) mass is 279 g/mol. The summed E-state index contributed by atoms with van der Waals surface area (Å²) >= 11 is 16.7. The molecular formula is C9H11Cl2N3OS. The van der Waals surface area contributed by atoms with Gasteiger partial charge in [0.05, 0.1) is 16.7 Å². The summed E-state index contributed by atoms with van der Waals surface area (Å²) in [5.74, 6) is 0.473. The summed E-state index contributed by atoms with van der Waals surface area (Å²) in [6.45, 7) is 1.19. The predicted molar refractivity (Wildman–Crippen MR) is 70.4 cm³/mol. The van der Waals surface area contributed by atoms with Gasteiger partial charge >= 0.3 is 0 Å². The number of nitrogens with one attached hydrogen (secondary N) is 2. The standard InChI is InChI=1S/C9H11Cl2N3OS/c1-15-3-2-12-9(16)14-8-7(11)4-6(10)5-13-8/h4-5H,2-3H2,1H3,(H2,12,13,14,16). The van der Waals surface area contributed by atoms with Crippen LogP contribution >= 0.6 is 35.4 Å². The molecule has 0 saturated heterocycles. The van der Waals surface area contributed by atoms with Gasteiger partial charge in [-0.3, -0.25) is 0 Å². The van der Waals surface area contributed by atoms with Crippen molar-refractivity contribution in [2.75, 3.05) is 25.6 Å². The summed E-state index contributed by atoms with van der Waals surface area (Å²) in [4.78, 5) is 4.01. The Morgan fingerprint density at radius 2 is 2.31 bits per heavy atom. The van der Waals surface area contributed by atoms with Crippen LogP contribution in [0.25, 0.3) is 0 Å². The fourth-order valence-electron chi connectivity index (χ4n) is 0.925. The Bertz CT molecular complexity index is 376. The zero-order valence-electron chi connectivity index (χ0n) is 8.59. The first-order valence-electron chi connectivity index (χ1n) is 4.48. The molecule has 0 atom stereocenters. The van der Waals surface area contributed by atoms with E-state index in [4.69, 9.17) is 40.2 Å². The maximum atomic E-state index is 5.91. The summed E-state index contributed by atoms with van der Waals surface area (Å²) in [5, 5.41) is 7.14. The van der Waals surface area contributed by atoms with Gasteiger partial charge in [-0.15, -0.1) is 0 Å². The number of methoxy groups -OCH3 is 1. The Morgan fingerprint density at radius 1 is 1.56 bits per heavy atom. The smallest absolute Gasteiger partial charge is 0.172 e. The van der Waals surface area contributed by atoms with Crippen LogP contribution in [-0.4, -0.2) is 30.4 Å². The van der Waals surface area contributed by atoms with Crippen LogP contribution in [0.15, 0.2) is 12.3 Å². The average molecular weight is 280 g/mol. The molecule has 88 valence electrons. The number of ether oxygens (including phenoxy) is 1. The quantitative estimate of drug-likeness (QED) is 0.654. The Balaban J connectivity index is 2.49. The molecule has 0 aliphatic carbocycles. The van der Waals surface area contributed by atoms with E-state index in [0.29, 0.717) is 34.1 Å². The van der Waals surface area contributed by atoms with Crippen LogP contribution in [0.1, 0.15) is 0 Å². The van der Waals surface area contributed by atoms with Crippen LogP contribution in [0, 0.1) is 0 Å². The molecule has 0 spiro atoms. The summed E-state index contributed by atoms with van der Waals surface area (Å²) in [6, 6.07) is 1.59. The average Bonchev–Trinajstić information content (AvgIpc) is 2.23. The van der Waals surface area contributed by atoms with Gasteiger partial charge < -0.3 is 15.4 Å². The largest absolute Gasteiger partial charge is 0.383 e. The highest BCUT2D eigenvalue weighted by Crippen LogP contribution is 2.22. The molecule has 0 bridgehead atoms. The Kier molecular flexibility index (Phi) is 5.76. The number of pyridine rings is 1. The first-order chi connectivity index (χ1) is 7.63. The summed E-state index contributed by atoms with van der Waals surface area (Å²) < 4.78 is 4.87. The molecule has 0 aromatic carbocycles. The Morgan fingerprint density at radius 3 is 2.94 bits per heavy atom. The fraction of sp³-hybridized carbons (Fsp3) is 0.333. The van der Waals surface area contributed by atoms with E-state index in [1.165, 1.54) is 6.20 Å². The van der Waals surface area contributed by atoms with E-state index in [2.05, 4.69) is 15.6 Å². The highest BCUT2D eigenvalue weighted by Gasteiger charge is 2.04. The molecule has 16 heavy (non-hydrogen) atoms. The molecular weight excluding hydrogens is 269 g/mol. The van der Waals surface area contributed by atoms with Gasteiger partial charge in [-0.25, -0.2) is 4.98 Å². The molecule has 1 aromatic heterocycles. The first-order valence-corrected chi connectivity index (χ1v) is 5.64. The predicted octanol–water partition coefficient (Wildman–Crippen LogP) is 2.32. The van der Waals surface area contributed by atoms with Gasteiger partial charge in [-0.1, -0.05) is 23.2 Å². The minimum Gasteiger partial charge on any atom is -0.383 e. The van der Waals surface area contributed by atoms with Gasteiger partial charge in [0.15, 0.2) is 10.9 Å². The molecule has 1 aromatic rings. The number of rotatable bonds is 4. The van der Waals surface area contributed by atoms with Crippen LogP contribution in [-0.2, 0) is 4.74 Å². The van der Waals surface area contributed by atoms with Gasteiger partial charge in [0.25, 0.3) is 0 Å². The van der Waals surface area contributed by atoms with E-state index < -0.39 is 0 Å². The maximum Gasteiger partial charge on any atom is 0.172 e. The van der Waals surface area contributed by atoms with Crippen molar-refractivity contribution >= 4 is 46.4 Å². The van der Waals surface area contributed by atoms with Crippen LogP contribution < -0.4 is 10.6 Å². The molecule has 0 aliphatic rings. The molecule has 0 unspecified atom stereocenters. The van der Waals surface area contributed by atoms with Crippen LogP contribution in [0.4, 0.5) is 5.82 Å². The third kappa shape index (κ3) is 4.49. The number of anilines is 1. The molecule has 1 heterocycles. The van der Waals surface area contributed by atoms with Crippen molar-refractivity contribution in [3.05, 3.63) is 22.3 Å². The topological polar surface area (TPSA) is 46.2 Å². The van der Waals surface area contributed by atoms with Gasteiger partial charge in [-0.2, -0.15) is 0 Å². The lowest BCUT2D eigenvalue weighted by Crippen LogP contribution is -2.31. The van der Waals surface area contributed by atoms with Crippen molar-refractivity contribution < 1.29 is 4.74 Å². The lowest BCUT2D eigenvalue weighted by molar-refractivity contribution is 0.204. The van der Waals surface area contributed by atoms with Crippen molar-refractivity contribution in [1.82, 2.24) is 10.3 Å². The fourth-order valence-corrected chi connectivity index (χ4v) is 1.55. The molecule has 0 saturated carbocycles. The van der Waals surface area contributed by atoms with E-state index in [1.807, 2.05) is 0 Å². The first kappa shape index (κ1) is 13.4. The highest BCUT2D eigenvalue weighted by atomic mass is 35.5. The number of nitrogens with zero attached hydrogens (tertiary/aromatic N) is 1. The van der Waals surface area contributed by atoms with E-state index >= 15 is 0 Å². The number of aromatic nitrogens is 1. The molecule has 0 amide bonds. The molecule has 0 fully saturated rings. The van der Waals surface area contributed by atoms with Crippen molar-refractivity contribution in [3.8, 4) is 0 Å². The zero-order valence-corrected chi connectivity index (χ0v) is 10.9. The van der Waals surface area contributed by atoms with E-state index in [-0.39, 0.29) is 0 Å². The zero-order chi connectivity index (χ0) is 12.0. The minimum absolute atomic E-state index is 0.420. The lowest BCUT2D eigenvalue weighted by Gasteiger charge is -2.10. The van der Waals surface area contributed by atoms with Crippen molar-refractivity contribution in [2.24, 2.45) is 0 Å². The van der Waals surface area contributed by atoms with Crippen LogP contribution in [0.3, 0.4) is 0 Å².